The van der Waals surface area contributed by atoms with Crippen LogP contribution in [0.25, 0.3) is 0 Å². The van der Waals surface area contributed by atoms with Gasteiger partial charge in [0.25, 0.3) is 0 Å². The Kier molecular flexibility index (Phi) is 6.18. The molecule has 104 valence electrons. The molecule has 1 atom stereocenters. The van der Waals surface area contributed by atoms with Gasteiger partial charge in [0, 0.05) is 18.0 Å². The van der Waals surface area contributed by atoms with E-state index in [2.05, 4.69) is 15.9 Å². The van der Waals surface area contributed by atoms with Crippen LogP contribution in [0, 0.1) is 6.92 Å². The van der Waals surface area contributed by atoms with Crippen LogP contribution in [0.1, 0.15) is 18.2 Å². The Morgan fingerprint density at radius 3 is 2.61 bits per heavy atom. The summed E-state index contributed by atoms with van der Waals surface area (Å²) in [4.78, 5) is 1.24. The molecule has 0 amide bonds. The molecule has 0 saturated carbocycles. The maximum absolute atomic E-state index is 12.5. The van der Waals surface area contributed by atoms with Crippen LogP contribution < -0.4 is 0 Å². The molecule has 0 aromatic carbocycles. The average molecular weight is 372 g/mol. The summed E-state index contributed by atoms with van der Waals surface area (Å²) in [5.41, 5.74) is 0. The summed E-state index contributed by atoms with van der Waals surface area (Å²) in [6, 6.07) is 1.70. The predicted octanol–water partition coefficient (Wildman–Crippen LogP) is 3.58. The smallest absolute Gasteiger partial charge is 0.207 e. The van der Waals surface area contributed by atoms with E-state index < -0.39 is 10.0 Å². The zero-order chi connectivity index (χ0) is 13.9. The van der Waals surface area contributed by atoms with Crippen molar-refractivity contribution in [1.29, 1.82) is 0 Å². The summed E-state index contributed by atoms with van der Waals surface area (Å²) < 4.78 is 27.3. The second-order valence-corrected chi connectivity index (χ2v) is 9.71. The normalized spacial score (nSPS) is 14.1. The highest BCUT2D eigenvalue weighted by atomic mass is 79.9. The molecule has 1 rings (SSSR count). The number of hydrogen-bond acceptors (Lipinski definition) is 4. The Bertz CT molecular complexity index is 498. The molecule has 0 radical (unpaired) electrons. The number of aryl methyl sites for hydroxylation is 1. The van der Waals surface area contributed by atoms with Gasteiger partial charge in [-0.1, -0.05) is 0 Å². The first-order chi connectivity index (χ1) is 8.30. The lowest BCUT2D eigenvalue weighted by Gasteiger charge is -2.24. The monoisotopic (exact) mass is 371 g/mol. The molecule has 3 nitrogen and oxygen atoms in total. The largest absolute Gasteiger partial charge is 0.244 e. The number of hydrogen-bond donors (Lipinski definition) is 0. The summed E-state index contributed by atoms with van der Waals surface area (Å²) >= 11 is 6.52. The summed E-state index contributed by atoms with van der Waals surface area (Å²) in [6.07, 6.45) is 2.89. The lowest BCUT2D eigenvalue weighted by molar-refractivity contribution is 0.382. The van der Waals surface area contributed by atoms with Crippen molar-refractivity contribution in [3.8, 4) is 0 Å². The van der Waals surface area contributed by atoms with E-state index in [4.69, 9.17) is 0 Å². The van der Waals surface area contributed by atoms with Crippen LogP contribution in [0.2, 0.25) is 0 Å². The first kappa shape index (κ1) is 16.5. The van der Waals surface area contributed by atoms with Crippen LogP contribution in [0.5, 0.6) is 0 Å². The molecule has 7 heteroatoms. The summed E-state index contributed by atoms with van der Waals surface area (Å²) in [5.74, 6) is 0.966. The summed E-state index contributed by atoms with van der Waals surface area (Å²) in [7, 11) is -1.72. The second kappa shape index (κ2) is 6.74. The Labute approximate surface area is 126 Å². The third kappa shape index (κ3) is 3.72. The predicted molar refractivity (Wildman–Crippen MR) is 84.2 cm³/mol. The fourth-order valence-electron chi connectivity index (χ4n) is 1.55. The lowest BCUT2D eigenvalue weighted by Crippen LogP contribution is -2.35. The standard InChI is InChI=1S/C11H18BrNO2S3/c1-8(5-6-16-4)13(3)18(14,15)10-7-11(12)17-9(10)2/h7-8H,5-6H2,1-4H3. The Morgan fingerprint density at radius 2 is 2.17 bits per heavy atom. The Balaban J connectivity index is 2.96. The van der Waals surface area contributed by atoms with E-state index in [9.17, 15) is 8.42 Å². The molecule has 0 saturated heterocycles. The average Bonchev–Trinajstić information content (AvgIpc) is 2.64. The Morgan fingerprint density at radius 1 is 1.56 bits per heavy atom. The van der Waals surface area contributed by atoms with Crippen molar-refractivity contribution in [3.63, 3.8) is 0 Å². The van der Waals surface area contributed by atoms with Gasteiger partial charge in [0.05, 0.1) is 8.68 Å². The zero-order valence-corrected chi connectivity index (χ0v) is 15.0. The molecule has 0 aliphatic rings. The maximum atomic E-state index is 12.5. The third-order valence-electron chi connectivity index (χ3n) is 2.86. The van der Waals surface area contributed by atoms with Crippen LogP contribution in [0.15, 0.2) is 14.7 Å². The topological polar surface area (TPSA) is 37.4 Å². The van der Waals surface area contributed by atoms with Crippen molar-refractivity contribution < 1.29 is 8.42 Å². The Hall–Kier alpha value is 0.440. The number of thiophene rings is 1. The highest BCUT2D eigenvalue weighted by Gasteiger charge is 2.27. The molecule has 0 N–H and O–H groups in total. The van der Waals surface area contributed by atoms with E-state index in [-0.39, 0.29) is 6.04 Å². The third-order valence-corrected chi connectivity index (χ3v) is 7.28. The van der Waals surface area contributed by atoms with Gasteiger partial charge in [-0.3, -0.25) is 0 Å². The van der Waals surface area contributed by atoms with Crippen LogP contribution in [0.3, 0.4) is 0 Å². The molecule has 0 fully saturated rings. The quantitative estimate of drug-likeness (QED) is 0.766. The van der Waals surface area contributed by atoms with E-state index in [1.165, 1.54) is 15.6 Å². The molecule has 0 aliphatic heterocycles. The molecule has 1 unspecified atom stereocenters. The van der Waals surface area contributed by atoms with Gasteiger partial charge in [-0.25, -0.2) is 8.42 Å². The van der Waals surface area contributed by atoms with Gasteiger partial charge in [-0.15, -0.1) is 11.3 Å². The van der Waals surface area contributed by atoms with E-state index in [1.54, 1.807) is 24.9 Å². The number of thioether (sulfide) groups is 1. The van der Waals surface area contributed by atoms with E-state index in [0.29, 0.717) is 4.90 Å². The van der Waals surface area contributed by atoms with Gasteiger partial charge in [-0.2, -0.15) is 16.1 Å². The van der Waals surface area contributed by atoms with Crippen molar-refractivity contribution in [2.45, 2.75) is 31.2 Å². The lowest BCUT2D eigenvalue weighted by atomic mass is 10.3. The van der Waals surface area contributed by atoms with E-state index in [0.717, 1.165) is 20.8 Å². The molecule has 1 heterocycles. The molecule has 0 aliphatic carbocycles. The van der Waals surface area contributed by atoms with Crippen molar-refractivity contribution in [2.24, 2.45) is 0 Å². The SMILES string of the molecule is CSCCC(C)N(C)S(=O)(=O)c1cc(Br)sc1C. The molecular weight excluding hydrogens is 354 g/mol. The molecule has 1 aromatic heterocycles. The molecular formula is C11H18BrNO2S3. The van der Waals surface area contributed by atoms with Crippen molar-refractivity contribution in [1.82, 2.24) is 4.31 Å². The van der Waals surface area contributed by atoms with Crippen molar-refractivity contribution >= 4 is 49.1 Å². The van der Waals surface area contributed by atoms with Crippen LogP contribution >= 0.6 is 39.0 Å². The van der Waals surface area contributed by atoms with Crippen molar-refractivity contribution in [3.05, 3.63) is 14.7 Å². The first-order valence-electron chi connectivity index (χ1n) is 5.53. The number of nitrogens with zero attached hydrogens (tertiary/aromatic N) is 1. The van der Waals surface area contributed by atoms with Gasteiger partial charge in [-0.05, 0) is 54.3 Å². The fraction of sp³-hybridized carbons (Fsp3) is 0.636. The van der Waals surface area contributed by atoms with Gasteiger partial charge < -0.3 is 0 Å². The molecule has 1 aromatic rings. The highest BCUT2D eigenvalue weighted by Crippen LogP contribution is 2.31. The molecule has 0 bridgehead atoms. The number of sulfonamides is 1. The second-order valence-electron chi connectivity index (χ2n) is 4.12. The minimum absolute atomic E-state index is 0.0144. The zero-order valence-electron chi connectivity index (χ0n) is 10.9. The van der Waals surface area contributed by atoms with Gasteiger partial charge in [0.1, 0.15) is 0 Å². The van der Waals surface area contributed by atoms with Crippen LogP contribution in [0.4, 0.5) is 0 Å². The van der Waals surface area contributed by atoms with Gasteiger partial charge >= 0.3 is 0 Å². The molecule has 0 spiro atoms. The maximum Gasteiger partial charge on any atom is 0.244 e. The van der Waals surface area contributed by atoms with E-state index >= 15 is 0 Å². The van der Waals surface area contributed by atoms with E-state index in [1.807, 2.05) is 20.1 Å². The number of rotatable bonds is 6. The minimum atomic E-state index is -3.37. The fourth-order valence-corrected chi connectivity index (χ4v) is 5.90. The number of halogens is 1. The van der Waals surface area contributed by atoms with Crippen LogP contribution in [-0.2, 0) is 10.0 Å². The minimum Gasteiger partial charge on any atom is -0.207 e. The van der Waals surface area contributed by atoms with Gasteiger partial charge in [0.2, 0.25) is 10.0 Å². The molecule has 18 heavy (non-hydrogen) atoms. The van der Waals surface area contributed by atoms with Crippen molar-refractivity contribution in [2.75, 3.05) is 19.1 Å². The summed E-state index contributed by atoms with van der Waals surface area (Å²) in [6.45, 7) is 3.78. The van der Waals surface area contributed by atoms with Gasteiger partial charge in [0.15, 0.2) is 0 Å². The highest BCUT2D eigenvalue weighted by molar-refractivity contribution is 9.11. The first-order valence-corrected chi connectivity index (χ1v) is 9.98. The summed E-state index contributed by atoms with van der Waals surface area (Å²) in [5, 5.41) is 0. The van der Waals surface area contributed by atoms with Crippen LogP contribution in [-0.4, -0.2) is 37.8 Å².